The summed E-state index contributed by atoms with van der Waals surface area (Å²) < 4.78 is 5.04. The van der Waals surface area contributed by atoms with Crippen molar-refractivity contribution < 1.29 is 9.21 Å². The topological polar surface area (TPSA) is 55.1 Å². The molecule has 16 heavy (non-hydrogen) atoms. The summed E-state index contributed by atoms with van der Waals surface area (Å²) in [6.07, 6.45) is 3.77. The second-order valence-electron chi connectivity index (χ2n) is 4.06. The lowest BCUT2D eigenvalue weighted by atomic mass is 10.1. The summed E-state index contributed by atoms with van der Waals surface area (Å²) in [4.78, 5) is 15.6. The molecule has 1 atom stereocenters. The highest BCUT2D eigenvalue weighted by atomic mass is 32.2. The number of carbonyl (C=O) groups is 1. The first kappa shape index (κ1) is 11.5. The van der Waals surface area contributed by atoms with Gasteiger partial charge in [-0.1, -0.05) is 0 Å². The van der Waals surface area contributed by atoms with Gasteiger partial charge in [-0.25, -0.2) is 4.98 Å². The lowest BCUT2D eigenvalue weighted by Crippen LogP contribution is -2.31. The van der Waals surface area contributed by atoms with Gasteiger partial charge in [-0.2, -0.15) is 11.8 Å². The molecule has 88 valence electrons. The number of nitrogens with zero attached hydrogens (tertiary/aromatic N) is 1. The van der Waals surface area contributed by atoms with Crippen LogP contribution in [0.5, 0.6) is 0 Å². The van der Waals surface area contributed by atoms with E-state index < -0.39 is 0 Å². The first-order valence-electron chi connectivity index (χ1n) is 5.53. The Morgan fingerprint density at radius 1 is 1.75 bits per heavy atom. The molecule has 0 saturated carbocycles. The number of oxazole rings is 1. The number of aryl methyl sites for hydroxylation is 1. The first-order valence-corrected chi connectivity index (χ1v) is 6.69. The fraction of sp³-hybridized carbons (Fsp3) is 0.636. The van der Waals surface area contributed by atoms with Crippen LogP contribution in [0.25, 0.3) is 0 Å². The van der Waals surface area contributed by atoms with Crippen molar-refractivity contribution in [1.82, 2.24) is 10.3 Å². The van der Waals surface area contributed by atoms with E-state index in [0.717, 1.165) is 12.3 Å². The Bertz CT molecular complexity index is 359. The normalized spacial score (nSPS) is 20.7. The molecule has 4 nitrogen and oxygen atoms in total. The number of nitrogens with one attached hydrogen (secondary N) is 1. The highest BCUT2D eigenvalue weighted by Gasteiger charge is 2.17. The van der Waals surface area contributed by atoms with Crippen LogP contribution in [-0.2, 0) is 0 Å². The largest absolute Gasteiger partial charge is 0.438 e. The summed E-state index contributed by atoms with van der Waals surface area (Å²) in [6.45, 7) is 2.51. The minimum absolute atomic E-state index is 0.148. The van der Waals surface area contributed by atoms with Gasteiger partial charge in [0.05, 0.1) is 5.69 Å². The number of aromatic nitrogens is 1. The van der Waals surface area contributed by atoms with Gasteiger partial charge in [0.2, 0.25) is 5.76 Å². The summed E-state index contributed by atoms with van der Waals surface area (Å²) >= 11 is 1.97. The van der Waals surface area contributed by atoms with Crippen LogP contribution < -0.4 is 5.32 Å². The van der Waals surface area contributed by atoms with Crippen LogP contribution in [0.15, 0.2) is 10.8 Å². The molecule has 1 saturated heterocycles. The number of hydrogen-bond donors (Lipinski definition) is 1. The standard InChI is InChI=1S/C11H16N2O2S/c1-8-10(15-7-13-8)11(14)12-5-9-3-2-4-16-6-9/h7,9H,2-6H2,1H3,(H,12,14). The Kier molecular flexibility index (Phi) is 3.88. The van der Waals surface area contributed by atoms with Gasteiger partial charge in [-0.05, 0) is 37.2 Å². The molecule has 1 N–H and O–H groups in total. The molecule has 0 aliphatic carbocycles. The maximum Gasteiger partial charge on any atom is 0.289 e. The molecule has 0 radical (unpaired) electrons. The molecular weight excluding hydrogens is 224 g/mol. The van der Waals surface area contributed by atoms with E-state index in [1.54, 1.807) is 6.92 Å². The maximum absolute atomic E-state index is 11.7. The molecule has 1 aliphatic rings. The average Bonchev–Trinajstić information content (AvgIpc) is 2.74. The summed E-state index contributed by atoms with van der Waals surface area (Å²) in [5, 5.41) is 2.91. The Labute approximate surface area is 99.2 Å². The summed E-state index contributed by atoms with van der Waals surface area (Å²) in [5.74, 6) is 3.20. The van der Waals surface area contributed by atoms with E-state index in [-0.39, 0.29) is 5.91 Å². The lowest BCUT2D eigenvalue weighted by Gasteiger charge is -2.21. The third-order valence-electron chi connectivity index (χ3n) is 2.76. The molecule has 1 amide bonds. The molecule has 1 aromatic rings. The molecule has 2 heterocycles. The van der Waals surface area contributed by atoms with Gasteiger partial charge in [0.25, 0.3) is 5.91 Å². The molecule has 1 aliphatic heterocycles. The van der Waals surface area contributed by atoms with Gasteiger partial charge >= 0.3 is 0 Å². The van der Waals surface area contributed by atoms with E-state index in [1.807, 2.05) is 11.8 Å². The quantitative estimate of drug-likeness (QED) is 0.876. The van der Waals surface area contributed by atoms with Crippen molar-refractivity contribution >= 4 is 17.7 Å². The van der Waals surface area contributed by atoms with E-state index in [2.05, 4.69) is 10.3 Å². The number of thioether (sulfide) groups is 1. The van der Waals surface area contributed by atoms with Gasteiger partial charge in [-0.3, -0.25) is 4.79 Å². The van der Waals surface area contributed by atoms with Crippen molar-refractivity contribution in [3.05, 3.63) is 17.8 Å². The molecule has 1 unspecified atom stereocenters. The van der Waals surface area contributed by atoms with Crippen LogP contribution in [0.4, 0.5) is 0 Å². The zero-order chi connectivity index (χ0) is 11.4. The van der Waals surface area contributed by atoms with Crippen LogP contribution in [0.3, 0.4) is 0 Å². The molecule has 0 spiro atoms. The first-order chi connectivity index (χ1) is 7.77. The van der Waals surface area contributed by atoms with Crippen molar-refractivity contribution in [3.63, 3.8) is 0 Å². The monoisotopic (exact) mass is 240 g/mol. The van der Waals surface area contributed by atoms with Gasteiger partial charge in [0, 0.05) is 6.54 Å². The highest BCUT2D eigenvalue weighted by molar-refractivity contribution is 7.99. The fourth-order valence-electron chi connectivity index (χ4n) is 1.81. The van der Waals surface area contributed by atoms with E-state index in [4.69, 9.17) is 4.42 Å². The minimum atomic E-state index is -0.148. The molecule has 1 aromatic heterocycles. The fourth-order valence-corrected chi connectivity index (χ4v) is 2.96. The van der Waals surface area contributed by atoms with Gasteiger partial charge in [-0.15, -0.1) is 0 Å². The van der Waals surface area contributed by atoms with Crippen molar-refractivity contribution in [3.8, 4) is 0 Å². The maximum atomic E-state index is 11.7. The minimum Gasteiger partial charge on any atom is -0.438 e. The Morgan fingerprint density at radius 3 is 3.25 bits per heavy atom. The van der Waals surface area contributed by atoms with Crippen molar-refractivity contribution in [2.45, 2.75) is 19.8 Å². The van der Waals surface area contributed by atoms with Crippen LogP contribution in [0, 0.1) is 12.8 Å². The lowest BCUT2D eigenvalue weighted by molar-refractivity contribution is 0.0919. The zero-order valence-electron chi connectivity index (χ0n) is 9.36. The summed E-state index contributed by atoms with van der Waals surface area (Å²) in [6, 6.07) is 0. The highest BCUT2D eigenvalue weighted by Crippen LogP contribution is 2.21. The van der Waals surface area contributed by atoms with Crippen LogP contribution >= 0.6 is 11.8 Å². The number of amides is 1. The van der Waals surface area contributed by atoms with Crippen molar-refractivity contribution in [1.29, 1.82) is 0 Å². The van der Waals surface area contributed by atoms with Crippen molar-refractivity contribution in [2.24, 2.45) is 5.92 Å². The zero-order valence-corrected chi connectivity index (χ0v) is 10.2. The van der Waals surface area contributed by atoms with E-state index in [1.165, 1.54) is 25.0 Å². The van der Waals surface area contributed by atoms with Gasteiger partial charge in [0.1, 0.15) is 0 Å². The number of carbonyl (C=O) groups excluding carboxylic acids is 1. The van der Waals surface area contributed by atoms with Gasteiger partial charge < -0.3 is 9.73 Å². The predicted octanol–water partition coefficient (Wildman–Crippen LogP) is 1.86. The van der Waals surface area contributed by atoms with Crippen LogP contribution in [0.2, 0.25) is 0 Å². The Hall–Kier alpha value is -0.970. The molecule has 0 aromatic carbocycles. The second-order valence-corrected chi connectivity index (χ2v) is 5.21. The van der Waals surface area contributed by atoms with Crippen LogP contribution in [0.1, 0.15) is 29.1 Å². The molecule has 5 heteroatoms. The van der Waals surface area contributed by atoms with E-state index >= 15 is 0 Å². The van der Waals surface area contributed by atoms with Crippen LogP contribution in [-0.4, -0.2) is 28.9 Å². The Morgan fingerprint density at radius 2 is 2.62 bits per heavy atom. The molecule has 0 bridgehead atoms. The van der Waals surface area contributed by atoms with E-state index in [0.29, 0.717) is 17.4 Å². The third kappa shape index (κ3) is 2.78. The second kappa shape index (κ2) is 5.39. The summed E-state index contributed by atoms with van der Waals surface area (Å²) in [7, 11) is 0. The smallest absolute Gasteiger partial charge is 0.289 e. The van der Waals surface area contributed by atoms with Crippen molar-refractivity contribution in [2.75, 3.05) is 18.1 Å². The molecule has 2 rings (SSSR count). The molecular formula is C11H16N2O2S. The summed E-state index contributed by atoms with van der Waals surface area (Å²) in [5.41, 5.74) is 0.649. The number of rotatable bonds is 3. The SMILES string of the molecule is Cc1ncoc1C(=O)NCC1CCCSC1. The third-order valence-corrected chi connectivity index (χ3v) is 4.04. The van der Waals surface area contributed by atoms with Gasteiger partial charge in [0.15, 0.2) is 6.39 Å². The number of hydrogen-bond acceptors (Lipinski definition) is 4. The average molecular weight is 240 g/mol. The predicted molar refractivity (Wildman–Crippen MR) is 63.6 cm³/mol. The van der Waals surface area contributed by atoms with E-state index in [9.17, 15) is 4.79 Å². The molecule has 1 fully saturated rings. The Balaban J connectivity index is 1.81.